The van der Waals surface area contributed by atoms with E-state index in [0.29, 0.717) is 0 Å². The molecule has 0 saturated carbocycles. The van der Waals surface area contributed by atoms with Gasteiger partial charge in [-0.05, 0) is 25.0 Å². The molecule has 0 saturated heterocycles. The Labute approximate surface area is 95.7 Å². The predicted octanol–water partition coefficient (Wildman–Crippen LogP) is 0.820. The van der Waals surface area contributed by atoms with Crippen LogP contribution < -0.4 is 5.32 Å². The molecule has 0 aliphatic rings. The van der Waals surface area contributed by atoms with Crippen LogP contribution in [0.5, 0.6) is 0 Å². The molecule has 0 aliphatic carbocycles. The molecule has 88 valence electrons. The second-order valence-electron chi connectivity index (χ2n) is 3.80. The van der Waals surface area contributed by atoms with E-state index in [4.69, 9.17) is 5.11 Å². The fourth-order valence-corrected chi connectivity index (χ4v) is 1.41. The molecule has 1 rings (SSSR count). The largest absolute Gasteiger partial charge is 0.394 e. The first-order valence-corrected chi connectivity index (χ1v) is 5.48. The Balaban J connectivity index is 2.55. The smallest absolute Gasteiger partial charge is 0.226 e. The summed E-state index contributed by atoms with van der Waals surface area (Å²) in [5, 5.41) is 11.7. The van der Waals surface area contributed by atoms with E-state index in [-0.39, 0.29) is 25.0 Å². The number of hydrogen-bond donors (Lipinski definition) is 2. The highest BCUT2D eigenvalue weighted by Crippen LogP contribution is 2.04. The number of nitrogens with one attached hydrogen (secondary N) is 1. The van der Waals surface area contributed by atoms with E-state index >= 15 is 0 Å². The Bertz CT molecular complexity index is 349. The van der Waals surface area contributed by atoms with Crippen LogP contribution in [0.4, 0.5) is 0 Å². The van der Waals surface area contributed by atoms with Crippen LogP contribution >= 0.6 is 0 Å². The molecule has 1 aromatic rings. The fraction of sp³-hybridized carbons (Fsp3) is 0.500. The fourth-order valence-electron chi connectivity index (χ4n) is 1.41. The average Bonchev–Trinajstić information content (AvgIpc) is 2.29. The van der Waals surface area contributed by atoms with Crippen LogP contribution in [0.15, 0.2) is 18.3 Å². The zero-order valence-electron chi connectivity index (χ0n) is 9.73. The van der Waals surface area contributed by atoms with Crippen molar-refractivity contribution >= 4 is 5.91 Å². The molecule has 1 amide bonds. The molecular formula is C12H18N2O2. The molecule has 0 aromatic carbocycles. The van der Waals surface area contributed by atoms with E-state index in [0.717, 1.165) is 17.7 Å². The van der Waals surface area contributed by atoms with Crippen molar-refractivity contribution in [3.63, 3.8) is 0 Å². The zero-order chi connectivity index (χ0) is 12.0. The van der Waals surface area contributed by atoms with Crippen LogP contribution in [0, 0.1) is 6.92 Å². The van der Waals surface area contributed by atoms with Crippen LogP contribution in [0.1, 0.15) is 24.6 Å². The maximum atomic E-state index is 11.6. The topological polar surface area (TPSA) is 62.2 Å². The highest BCUT2D eigenvalue weighted by molar-refractivity contribution is 5.78. The van der Waals surface area contributed by atoms with Crippen molar-refractivity contribution in [1.82, 2.24) is 10.3 Å². The summed E-state index contributed by atoms with van der Waals surface area (Å²) in [7, 11) is 0. The van der Waals surface area contributed by atoms with Gasteiger partial charge in [-0.15, -0.1) is 0 Å². The summed E-state index contributed by atoms with van der Waals surface area (Å²) in [4.78, 5) is 15.8. The summed E-state index contributed by atoms with van der Waals surface area (Å²) in [5.41, 5.74) is 1.79. The van der Waals surface area contributed by atoms with Gasteiger partial charge in [0.15, 0.2) is 0 Å². The number of carbonyl (C=O) groups is 1. The molecule has 0 aliphatic heterocycles. The lowest BCUT2D eigenvalue weighted by Gasteiger charge is -2.14. The summed E-state index contributed by atoms with van der Waals surface area (Å²) < 4.78 is 0. The third kappa shape index (κ3) is 3.62. The van der Waals surface area contributed by atoms with Gasteiger partial charge in [-0.2, -0.15) is 0 Å². The summed E-state index contributed by atoms with van der Waals surface area (Å²) in [6.45, 7) is 3.83. The number of pyridine rings is 1. The highest BCUT2D eigenvalue weighted by atomic mass is 16.3. The Kier molecular flexibility index (Phi) is 4.92. The number of carbonyl (C=O) groups excluding carboxylic acids is 1. The van der Waals surface area contributed by atoms with Gasteiger partial charge in [-0.1, -0.05) is 13.0 Å². The standard InChI is InChI=1S/C12H18N2O2/c1-3-10(8-15)14-12(16)7-11-9(2)5-4-6-13-11/h4-6,10,15H,3,7-8H2,1-2H3,(H,14,16)/t10-/m1/s1. The first kappa shape index (κ1) is 12.6. The lowest BCUT2D eigenvalue weighted by atomic mass is 10.1. The minimum Gasteiger partial charge on any atom is -0.394 e. The number of rotatable bonds is 5. The quantitative estimate of drug-likeness (QED) is 0.775. The molecule has 0 radical (unpaired) electrons. The molecule has 1 aromatic heterocycles. The maximum absolute atomic E-state index is 11.6. The first-order valence-electron chi connectivity index (χ1n) is 5.48. The number of nitrogens with zero attached hydrogens (tertiary/aromatic N) is 1. The van der Waals surface area contributed by atoms with Crippen LogP contribution in [-0.4, -0.2) is 28.6 Å². The van der Waals surface area contributed by atoms with Gasteiger partial charge in [0.25, 0.3) is 0 Å². The summed E-state index contributed by atoms with van der Waals surface area (Å²) in [6, 6.07) is 3.62. The molecule has 1 atom stereocenters. The van der Waals surface area contributed by atoms with Gasteiger partial charge in [0.2, 0.25) is 5.91 Å². The van der Waals surface area contributed by atoms with Gasteiger partial charge in [0.05, 0.1) is 24.8 Å². The van der Waals surface area contributed by atoms with Crippen molar-refractivity contribution in [1.29, 1.82) is 0 Å². The molecule has 16 heavy (non-hydrogen) atoms. The molecule has 4 nitrogen and oxygen atoms in total. The molecule has 0 bridgehead atoms. The number of amides is 1. The monoisotopic (exact) mass is 222 g/mol. The van der Waals surface area contributed by atoms with Gasteiger partial charge in [-0.25, -0.2) is 0 Å². The Morgan fingerprint density at radius 1 is 1.62 bits per heavy atom. The minimum atomic E-state index is -0.156. The van der Waals surface area contributed by atoms with Crippen LogP contribution in [0.2, 0.25) is 0 Å². The van der Waals surface area contributed by atoms with Crippen molar-refractivity contribution < 1.29 is 9.90 Å². The molecule has 0 unspecified atom stereocenters. The van der Waals surface area contributed by atoms with Gasteiger partial charge in [-0.3, -0.25) is 9.78 Å². The maximum Gasteiger partial charge on any atom is 0.226 e. The molecule has 1 heterocycles. The number of aromatic nitrogens is 1. The summed E-state index contributed by atoms with van der Waals surface area (Å²) in [6.07, 6.45) is 2.67. The van der Waals surface area contributed by atoms with Crippen LogP contribution in [0.25, 0.3) is 0 Å². The number of hydrogen-bond acceptors (Lipinski definition) is 3. The van der Waals surface area contributed by atoms with E-state index in [1.165, 1.54) is 0 Å². The predicted molar refractivity (Wildman–Crippen MR) is 62.0 cm³/mol. The molecule has 4 heteroatoms. The van der Waals surface area contributed by atoms with Gasteiger partial charge in [0, 0.05) is 6.20 Å². The SMILES string of the molecule is CC[C@H](CO)NC(=O)Cc1ncccc1C. The third-order valence-corrected chi connectivity index (χ3v) is 2.52. The molecule has 0 spiro atoms. The molecule has 0 fully saturated rings. The number of aryl methyl sites for hydroxylation is 1. The van der Waals surface area contributed by atoms with E-state index in [1.807, 2.05) is 26.0 Å². The highest BCUT2D eigenvalue weighted by Gasteiger charge is 2.11. The van der Waals surface area contributed by atoms with Gasteiger partial charge in [0.1, 0.15) is 0 Å². The lowest BCUT2D eigenvalue weighted by Crippen LogP contribution is -2.38. The minimum absolute atomic E-state index is 0.0244. The van der Waals surface area contributed by atoms with E-state index < -0.39 is 0 Å². The van der Waals surface area contributed by atoms with E-state index in [9.17, 15) is 4.79 Å². The van der Waals surface area contributed by atoms with Crippen molar-refractivity contribution in [2.75, 3.05) is 6.61 Å². The second-order valence-corrected chi connectivity index (χ2v) is 3.80. The molecule has 2 N–H and O–H groups in total. The number of aliphatic hydroxyl groups is 1. The summed E-state index contributed by atoms with van der Waals surface area (Å²) in [5.74, 6) is -0.0947. The molecular weight excluding hydrogens is 204 g/mol. The summed E-state index contributed by atoms with van der Waals surface area (Å²) >= 11 is 0. The normalized spacial score (nSPS) is 12.2. The van der Waals surface area contributed by atoms with Crippen molar-refractivity contribution in [2.45, 2.75) is 32.7 Å². The Morgan fingerprint density at radius 2 is 2.38 bits per heavy atom. The van der Waals surface area contributed by atoms with Crippen LogP contribution in [-0.2, 0) is 11.2 Å². The van der Waals surface area contributed by atoms with Crippen molar-refractivity contribution in [3.05, 3.63) is 29.6 Å². The van der Waals surface area contributed by atoms with Crippen LogP contribution in [0.3, 0.4) is 0 Å². The lowest BCUT2D eigenvalue weighted by molar-refractivity contribution is -0.121. The van der Waals surface area contributed by atoms with Crippen molar-refractivity contribution in [2.24, 2.45) is 0 Å². The Morgan fingerprint density at radius 3 is 2.94 bits per heavy atom. The van der Waals surface area contributed by atoms with E-state index in [1.54, 1.807) is 6.20 Å². The van der Waals surface area contributed by atoms with Crippen molar-refractivity contribution in [3.8, 4) is 0 Å². The van der Waals surface area contributed by atoms with E-state index in [2.05, 4.69) is 10.3 Å². The van der Waals surface area contributed by atoms with Gasteiger partial charge >= 0.3 is 0 Å². The average molecular weight is 222 g/mol. The second kappa shape index (κ2) is 6.23. The zero-order valence-corrected chi connectivity index (χ0v) is 9.73. The third-order valence-electron chi connectivity index (χ3n) is 2.52. The van der Waals surface area contributed by atoms with Gasteiger partial charge < -0.3 is 10.4 Å². The number of aliphatic hydroxyl groups excluding tert-OH is 1. The Hall–Kier alpha value is -1.42. The first-order chi connectivity index (χ1) is 7.67.